The van der Waals surface area contributed by atoms with Crippen LogP contribution in [-0.4, -0.2) is 61.3 Å². The summed E-state index contributed by atoms with van der Waals surface area (Å²) in [7, 11) is -4.28. The van der Waals surface area contributed by atoms with Crippen molar-refractivity contribution < 1.29 is 35.9 Å². The summed E-state index contributed by atoms with van der Waals surface area (Å²) in [6.45, 7) is -1.89. The molecule has 0 spiro atoms. The molecule has 230 valence electrons. The van der Waals surface area contributed by atoms with Crippen molar-refractivity contribution in [1.82, 2.24) is 10.2 Å². The maximum Gasteiger partial charge on any atom is 0.422 e. The molecule has 1 aliphatic heterocycles. The Kier molecular flexibility index (Phi) is 8.39. The predicted octanol–water partition coefficient (Wildman–Crippen LogP) is 5.36. The number of hydrogen-bond acceptors (Lipinski definition) is 6. The van der Waals surface area contributed by atoms with Crippen LogP contribution in [0.5, 0.6) is 5.75 Å². The molecule has 2 aromatic carbocycles. The third-order valence-corrected chi connectivity index (χ3v) is 11.3. The molecule has 0 aromatic heterocycles. The van der Waals surface area contributed by atoms with Crippen LogP contribution >= 0.6 is 23.2 Å². The second-order valence-corrected chi connectivity index (χ2v) is 14.4. The van der Waals surface area contributed by atoms with E-state index in [-0.39, 0.29) is 34.5 Å². The number of ether oxygens (including phenoxy) is 1. The van der Waals surface area contributed by atoms with Gasteiger partial charge in [-0.15, -0.1) is 0 Å². The summed E-state index contributed by atoms with van der Waals surface area (Å²) in [5, 5.41) is 11.1. The second kappa shape index (κ2) is 11.5. The Hall–Kier alpha value is -3.01. The van der Waals surface area contributed by atoms with Crippen molar-refractivity contribution in [2.75, 3.05) is 13.2 Å². The van der Waals surface area contributed by atoms with Gasteiger partial charge in [0.05, 0.1) is 26.7 Å². The van der Waals surface area contributed by atoms with Crippen LogP contribution in [0, 0.1) is 11.3 Å². The molecule has 0 bridgehead atoms. The van der Waals surface area contributed by atoms with Gasteiger partial charge in [-0.2, -0.15) is 18.4 Å². The smallest absolute Gasteiger partial charge is 0.422 e. The SMILES string of the molecule is N#CC1(NC(=O)[C@@H]2C[C@@H](S(=O)(=O)c3ccc(OCC(F)(F)F)cc3Cl)CN2C(=O)C2(c3ccc(Cl)cc3)CCCC2)CC1. The third-order valence-electron chi connectivity index (χ3n) is 8.47. The van der Waals surface area contributed by atoms with Gasteiger partial charge in [-0.1, -0.05) is 48.2 Å². The highest BCUT2D eigenvalue weighted by atomic mass is 35.5. The maximum atomic E-state index is 14.4. The molecule has 5 rings (SSSR count). The number of nitriles is 1. The van der Waals surface area contributed by atoms with Crippen LogP contribution in [0.1, 0.15) is 50.5 Å². The molecule has 2 amide bonds. The average Bonchev–Trinajstić information content (AvgIpc) is 3.34. The molecule has 0 radical (unpaired) electrons. The van der Waals surface area contributed by atoms with Gasteiger partial charge in [-0.25, -0.2) is 8.42 Å². The van der Waals surface area contributed by atoms with Crippen molar-refractivity contribution in [3.8, 4) is 11.8 Å². The molecule has 0 unspecified atom stereocenters. The van der Waals surface area contributed by atoms with E-state index in [4.69, 9.17) is 23.2 Å². The number of amides is 2. The number of benzene rings is 2. The van der Waals surface area contributed by atoms with Crippen molar-refractivity contribution in [3.05, 3.63) is 58.1 Å². The van der Waals surface area contributed by atoms with Gasteiger partial charge in [0.2, 0.25) is 11.8 Å². The fraction of sp³-hybridized carbons (Fsp3) is 0.483. The van der Waals surface area contributed by atoms with E-state index in [9.17, 15) is 36.4 Å². The predicted molar refractivity (Wildman–Crippen MR) is 151 cm³/mol. The molecule has 2 saturated carbocycles. The zero-order chi connectivity index (χ0) is 31.2. The van der Waals surface area contributed by atoms with Gasteiger partial charge >= 0.3 is 6.18 Å². The lowest BCUT2D eigenvalue weighted by Crippen LogP contribution is -2.54. The largest absolute Gasteiger partial charge is 0.484 e. The summed E-state index contributed by atoms with van der Waals surface area (Å²) in [5.41, 5.74) is -1.30. The van der Waals surface area contributed by atoms with E-state index >= 15 is 0 Å². The van der Waals surface area contributed by atoms with Gasteiger partial charge in [0.15, 0.2) is 16.4 Å². The van der Waals surface area contributed by atoms with Gasteiger partial charge in [-0.3, -0.25) is 9.59 Å². The van der Waals surface area contributed by atoms with Crippen LogP contribution in [0.4, 0.5) is 13.2 Å². The molecule has 1 heterocycles. The quantitative estimate of drug-likeness (QED) is 0.408. The second-order valence-electron chi connectivity index (χ2n) is 11.4. The van der Waals surface area contributed by atoms with E-state index < -0.39 is 50.8 Å². The molecular formula is C29H28Cl2F3N3O5S. The number of nitrogens with one attached hydrogen (secondary N) is 1. The first-order chi connectivity index (χ1) is 20.2. The molecule has 1 saturated heterocycles. The first kappa shape index (κ1) is 31.4. The topological polar surface area (TPSA) is 117 Å². The van der Waals surface area contributed by atoms with E-state index in [0.29, 0.717) is 30.7 Å². The van der Waals surface area contributed by atoms with Crippen molar-refractivity contribution in [3.63, 3.8) is 0 Å². The lowest BCUT2D eigenvalue weighted by atomic mass is 9.77. The highest BCUT2D eigenvalue weighted by molar-refractivity contribution is 7.92. The Morgan fingerprint density at radius 2 is 1.72 bits per heavy atom. The summed E-state index contributed by atoms with van der Waals surface area (Å²) in [6.07, 6.45) is -1.42. The molecule has 14 heteroatoms. The standard InChI is InChI=1S/C29H28Cl2F3N3O5S/c30-19-5-3-18(4-6-19)28(9-1-2-10-28)26(39)37-15-21(14-23(37)25(38)36-27(16-35)11-12-27)43(40,41)24-8-7-20(13-22(24)31)42-17-29(32,33)34/h3-8,13,21,23H,1-2,9-12,14-15,17H2,(H,36,38)/t21-,23+/m1/s1. The Morgan fingerprint density at radius 3 is 2.28 bits per heavy atom. The molecule has 2 aromatic rings. The number of nitrogens with zero attached hydrogens (tertiary/aromatic N) is 2. The Morgan fingerprint density at radius 1 is 1.07 bits per heavy atom. The first-order valence-corrected chi connectivity index (χ1v) is 16.0. The molecular weight excluding hydrogens is 630 g/mol. The number of sulfone groups is 1. The highest BCUT2D eigenvalue weighted by Gasteiger charge is 2.54. The van der Waals surface area contributed by atoms with Crippen LogP contribution in [-0.2, 0) is 24.8 Å². The van der Waals surface area contributed by atoms with Gasteiger partial charge in [0.1, 0.15) is 17.3 Å². The van der Waals surface area contributed by atoms with Crippen molar-refractivity contribution >= 4 is 44.9 Å². The molecule has 2 aliphatic carbocycles. The number of rotatable bonds is 8. The lowest BCUT2D eigenvalue weighted by molar-refractivity contribution is -0.153. The fourth-order valence-corrected chi connectivity index (χ4v) is 8.36. The summed E-state index contributed by atoms with van der Waals surface area (Å²) in [4.78, 5) is 28.9. The summed E-state index contributed by atoms with van der Waals surface area (Å²) < 4.78 is 70.1. The minimum Gasteiger partial charge on any atom is -0.484 e. The van der Waals surface area contributed by atoms with Gasteiger partial charge in [0.25, 0.3) is 0 Å². The Balaban J connectivity index is 1.47. The van der Waals surface area contributed by atoms with Crippen LogP contribution in [0.3, 0.4) is 0 Å². The lowest BCUT2D eigenvalue weighted by Gasteiger charge is -2.35. The Bertz CT molecular complexity index is 1570. The van der Waals surface area contributed by atoms with Crippen LogP contribution < -0.4 is 10.1 Å². The monoisotopic (exact) mass is 657 g/mol. The zero-order valence-corrected chi connectivity index (χ0v) is 25.1. The zero-order valence-electron chi connectivity index (χ0n) is 22.8. The van der Waals surface area contributed by atoms with E-state index in [1.165, 1.54) is 4.90 Å². The van der Waals surface area contributed by atoms with Crippen LogP contribution in [0.25, 0.3) is 0 Å². The number of likely N-dealkylation sites (tertiary alicyclic amines) is 1. The summed E-state index contributed by atoms with van der Waals surface area (Å²) >= 11 is 12.3. The van der Waals surface area contributed by atoms with E-state index in [2.05, 4.69) is 16.1 Å². The maximum absolute atomic E-state index is 14.4. The summed E-state index contributed by atoms with van der Waals surface area (Å²) in [6, 6.07) is 10.9. The van der Waals surface area contributed by atoms with E-state index in [1.807, 2.05) is 0 Å². The highest BCUT2D eigenvalue weighted by Crippen LogP contribution is 2.45. The number of carbonyl (C=O) groups is 2. The van der Waals surface area contributed by atoms with Crippen LogP contribution in [0.15, 0.2) is 47.4 Å². The molecule has 2 atom stereocenters. The van der Waals surface area contributed by atoms with Gasteiger partial charge in [-0.05, 0) is 61.9 Å². The Labute approximate surface area is 257 Å². The van der Waals surface area contributed by atoms with Crippen LogP contribution in [0.2, 0.25) is 10.0 Å². The molecule has 1 N–H and O–H groups in total. The van der Waals surface area contributed by atoms with Gasteiger partial charge in [0, 0.05) is 17.6 Å². The first-order valence-electron chi connectivity index (χ1n) is 13.7. The van der Waals surface area contributed by atoms with Crippen molar-refractivity contribution in [2.24, 2.45) is 0 Å². The van der Waals surface area contributed by atoms with E-state index in [0.717, 1.165) is 36.6 Å². The van der Waals surface area contributed by atoms with Crippen molar-refractivity contribution in [2.45, 2.75) is 78.3 Å². The molecule has 3 aliphatic rings. The number of carbonyl (C=O) groups excluding carboxylic acids is 2. The van der Waals surface area contributed by atoms with Crippen molar-refractivity contribution in [1.29, 1.82) is 5.26 Å². The van der Waals surface area contributed by atoms with Gasteiger partial charge < -0.3 is 15.0 Å². The fourth-order valence-electron chi connectivity index (χ4n) is 6.00. The number of hydrogen-bond donors (Lipinski definition) is 1. The minimum atomic E-state index is -4.60. The third kappa shape index (κ3) is 6.30. The minimum absolute atomic E-state index is 0.249. The molecule has 8 nitrogen and oxygen atoms in total. The number of halogens is 5. The molecule has 3 fully saturated rings. The normalized spacial score (nSPS) is 22.6. The van der Waals surface area contributed by atoms with E-state index in [1.54, 1.807) is 24.3 Å². The average molecular weight is 659 g/mol. The molecule has 43 heavy (non-hydrogen) atoms. The summed E-state index contributed by atoms with van der Waals surface area (Å²) in [5.74, 6) is -1.26. The number of alkyl halides is 3.